The third-order valence-electron chi connectivity index (χ3n) is 2.45. The van der Waals surface area contributed by atoms with Gasteiger partial charge in [0.25, 0.3) is 5.91 Å². The van der Waals surface area contributed by atoms with Crippen LogP contribution in [-0.4, -0.2) is 32.1 Å². The first-order valence-corrected chi connectivity index (χ1v) is 5.83. The van der Waals surface area contributed by atoms with Gasteiger partial charge >= 0.3 is 0 Å². The molecule has 1 rings (SSSR count). The zero-order valence-corrected chi connectivity index (χ0v) is 10.6. The molecule has 2 N–H and O–H groups in total. The Labute approximate surface area is 102 Å². The van der Waals surface area contributed by atoms with Crippen molar-refractivity contribution < 1.29 is 9.53 Å². The molecule has 0 aliphatic rings. The van der Waals surface area contributed by atoms with Crippen molar-refractivity contribution in [3.05, 3.63) is 29.8 Å². The minimum atomic E-state index is -0.0753. The highest BCUT2D eigenvalue weighted by atomic mass is 16.5. The van der Waals surface area contributed by atoms with E-state index in [4.69, 9.17) is 4.74 Å². The number of hydrogen-bond donors (Lipinski definition) is 2. The van der Waals surface area contributed by atoms with E-state index < -0.39 is 0 Å². The Morgan fingerprint density at radius 1 is 1.47 bits per heavy atom. The topological polar surface area (TPSA) is 50.4 Å². The number of benzene rings is 1. The molecule has 0 saturated carbocycles. The van der Waals surface area contributed by atoms with Gasteiger partial charge < -0.3 is 15.4 Å². The highest BCUT2D eigenvalue weighted by Crippen LogP contribution is 2.12. The Kier molecular flexibility index (Phi) is 5.49. The van der Waals surface area contributed by atoms with Crippen LogP contribution in [0.4, 0.5) is 0 Å². The van der Waals surface area contributed by atoms with Gasteiger partial charge in [-0.1, -0.05) is 13.0 Å². The molecule has 1 aromatic rings. The smallest absolute Gasteiger partial charge is 0.251 e. The number of ether oxygens (including phenoxy) is 1. The van der Waals surface area contributed by atoms with Crippen molar-refractivity contribution >= 4 is 5.91 Å². The van der Waals surface area contributed by atoms with Crippen LogP contribution < -0.4 is 15.4 Å². The zero-order valence-electron chi connectivity index (χ0n) is 10.6. The molecule has 0 saturated heterocycles. The van der Waals surface area contributed by atoms with E-state index in [1.54, 1.807) is 19.2 Å². The van der Waals surface area contributed by atoms with E-state index >= 15 is 0 Å². The van der Waals surface area contributed by atoms with E-state index in [0.717, 1.165) is 6.54 Å². The number of carbonyl (C=O) groups excluding carboxylic acids is 1. The molecule has 0 aromatic heterocycles. The van der Waals surface area contributed by atoms with E-state index in [-0.39, 0.29) is 11.9 Å². The maximum Gasteiger partial charge on any atom is 0.251 e. The van der Waals surface area contributed by atoms with Crippen LogP contribution in [0, 0.1) is 0 Å². The van der Waals surface area contributed by atoms with Gasteiger partial charge in [0, 0.05) is 18.2 Å². The molecule has 0 spiro atoms. The van der Waals surface area contributed by atoms with E-state index in [9.17, 15) is 4.79 Å². The van der Waals surface area contributed by atoms with Crippen molar-refractivity contribution in [2.75, 3.05) is 20.2 Å². The lowest BCUT2D eigenvalue weighted by atomic mass is 10.2. The number of methoxy groups -OCH3 is 1. The molecule has 94 valence electrons. The molecule has 0 fully saturated rings. The third kappa shape index (κ3) is 4.44. The molecule has 0 heterocycles. The van der Waals surface area contributed by atoms with E-state index in [0.29, 0.717) is 17.9 Å². The van der Waals surface area contributed by atoms with Gasteiger partial charge in [-0.2, -0.15) is 0 Å². The average Bonchev–Trinajstić information content (AvgIpc) is 2.36. The second-order valence-corrected chi connectivity index (χ2v) is 3.90. The van der Waals surface area contributed by atoms with Crippen molar-refractivity contribution in [3.8, 4) is 5.75 Å². The molecular weight excluding hydrogens is 216 g/mol. The van der Waals surface area contributed by atoms with Crippen molar-refractivity contribution in [2.45, 2.75) is 19.9 Å². The monoisotopic (exact) mass is 236 g/mol. The summed E-state index contributed by atoms with van der Waals surface area (Å²) in [6.45, 7) is 5.59. The lowest BCUT2D eigenvalue weighted by molar-refractivity contribution is 0.0950. The highest BCUT2D eigenvalue weighted by Gasteiger charge is 2.07. The molecule has 0 unspecified atom stereocenters. The summed E-state index contributed by atoms with van der Waals surface area (Å²) >= 11 is 0. The quantitative estimate of drug-likeness (QED) is 0.785. The van der Waals surface area contributed by atoms with Gasteiger partial charge in [-0.25, -0.2) is 0 Å². The minimum absolute atomic E-state index is 0.0753. The van der Waals surface area contributed by atoms with Crippen LogP contribution in [0.1, 0.15) is 24.2 Å². The average molecular weight is 236 g/mol. The summed E-state index contributed by atoms with van der Waals surface area (Å²) in [5.74, 6) is 0.617. The van der Waals surface area contributed by atoms with Crippen LogP contribution in [0.15, 0.2) is 24.3 Å². The molecule has 17 heavy (non-hydrogen) atoms. The van der Waals surface area contributed by atoms with Gasteiger partial charge in [-0.05, 0) is 31.7 Å². The number of amides is 1. The fraction of sp³-hybridized carbons (Fsp3) is 0.462. The van der Waals surface area contributed by atoms with Crippen LogP contribution in [-0.2, 0) is 0 Å². The summed E-state index contributed by atoms with van der Waals surface area (Å²) in [5, 5.41) is 6.11. The van der Waals surface area contributed by atoms with Crippen LogP contribution in [0.3, 0.4) is 0 Å². The molecule has 1 aromatic carbocycles. The van der Waals surface area contributed by atoms with E-state index in [1.807, 2.05) is 26.0 Å². The third-order valence-corrected chi connectivity index (χ3v) is 2.45. The van der Waals surface area contributed by atoms with Crippen LogP contribution >= 0.6 is 0 Å². The predicted molar refractivity (Wildman–Crippen MR) is 68.5 cm³/mol. The number of rotatable bonds is 6. The van der Waals surface area contributed by atoms with Gasteiger partial charge in [-0.3, -0.25) is 4.79 Å². The van der Waals surface area contributed by atoms with Gasteiger partial charge in [0.15, 0.2) is 0 Å². The summed E-state index contributed by atoms with van der Waals surface area (Å²) in [4.78, 5) is 11.8. The summed E-state index contributed by atoms with van der Waals surface area (Å²) in [7, 11) is 1.59. The molecule has 4 nitrogen and oxygen atoms in total. The Balaban J connectivity index is 2.51. The SMILES string of the molecule is CCN[C@H](C)CNC(=O)c1cccc(OC)c1. The second-order valence-electron chi connectivity index (χ2n) is 3.90. The normalized spacial score (nSPS) is 11.9. The van der Waals surface area contributed by atoms with Crippen molar-refractivity contribution in [2.24, 2.45) is 0 Å². The van der Waals surface area contributed by atoms with Crippen LogP contribution in [0.2, 0.25) is 0 Å². The standard InChI is InChI=1S/C13H20N2O2/c1-4-14-10(2)9-15-13(16)11-6-5-7-12(8-11)17-3/h5-8,10,14H,4,9H2,1-3H3,(H,15,16)/t10-/m1/s1. The molecule has 1 amide bonds. The summed E-state index contributed by atoms with van der Waals surface area (Å²) in [5.41, 5.74) is 0.619. The molecular formula is C13H20N2O2. The van der Waals surface area contributed by atoms with Crippen LogP contribution in [0.25, 0.3) is 0 Å². The minimum Gasteiger partial charge on any atom is -0.497 e. The second kappa shape index (κ2) is 6.91. The molecule has 1 atom stereocenters. The molecule has 0 aliphatic carbocycles. The molecule has 4 heteroatoms. The van der Waals surface area contributed by atoms with Gasteiger partial charge in [-0.15, -0.1) is 0 Å². The van der Waals surface area contributed by atoms with Crippen molar-refractivity contribution in [1.29, 1.82) is 0 Å². The largest absolute Gasteiger partial charge is 0.497 e. The Morgan fingerprint density at radius 2 is 2.24 bits per heavy atom. The fourth-order valence-electron chi connectivity index (χ4n) is 1.53. The summed E-state index contributed by atoms with van der Waals surface area (Å²) in [6.07, 6.45) is 0. The maximum atomic E-state index is 11.8. The molecule has 0 bridgehead atoms. The van der Waals surface area contributed by atoms with Crippen molar-refractivity contribution in [1.82, 2.24) is 10.6 Å². The first-order chi connectivity index (χ1) is 8.17. The first-order valence-electron chi connectivity index (χ1n) is 5.83. The molecule has 0 aliphatic heterocycles. The van der Waals surface area contributed by atoms with E-state index in [1.165, 1.54) is 0 Å². The fourth-order valence-corrected chi connectivity index (χ4v) is 1.53. The number of nitrogens with one attached hydrogen (secondary N) is 2. The van der Waals surface area contributed by atoms with Gasteiger partial charge in [0.05, 0.1) is 7.11 Å². The Morgan fingerprint density at radius 3 is 2.88 bits per heavy atom. The summed E-state index contributed by atoms with van der Waals surface area (Å²) in [6, 6.07) is 7.40. The zero-order chi connectivity index (χ0) is 12.7. The van der Waals surface area contributed by atoms with Crippen LogP contribution in [0.5, 0.6) is 5.75 Å². The lowest BCUT2D eigenvalue weighted by Gasteiger charge is -2.13. The van der Waals surface area contributed by atoms with Gasteiger partial charge in [0.2, 0.25) is 0 Å². The first kappa shape index (κ1) is 13.5. The number of hydrogen-bond acceptors (Lipinski definition) is 3. The number of carbonyl (C=O) groups is 1. The highest BCUT2D eigenvalue weighted by molar-refractivity contribution is 5.94. The molecule has 0 radical (unpaired) electrons. The van der Waals surface area contributed by atoms with Gasteiger partial charge in [0.1, 0.15) is 5.75 Å². The lowest BCUT2D eigenvalue weighted by Crippen LogP contribution is -2.38. The maximum absolute atomic E-state index is 11.8. The summed E-state index contributed by atoms with van der Waals surface area (Å²) < 4.78 is 5.08. The number of likely N-dealkylation sites (N-methyl/N-ethyl adjacent to an activating group) is 1. The Hall–Kier alpha value is -1.55. The Bertz CT molecular complexity index is 366. The van der Waals surface area contributed by atoms with Crippen molar-refractivity contribution in [3.63, 3.8) is 0 Å². The predicted octanol–water partition coefficient (Wildman–Crippen LogP) is 1.42. The van der Waals surface area contributed by atoms with E-state index in [2.05, 4.69) is 10.6 Å².